The van der Waals surface area contributed by atoms with Crippen LogP contribution in [0.15, 0.2) is 54.6 Å². The third kappa shape index (κ3) is 4.09. The highest BCUT2D eigenvalue weighted by molar-refractivity contribution is 6.04. The fourth-order valence-electron chi connectivity index (χ4n) is 4.18. The number of rotatable bonds is 5. The van der Waals surface area contributed by atoms with Crippen molar-refractivity contribution in [3.05, 3.63) is 60.2 Å². The molecule has 0 spiro atoms. The summed E-state index contributed by atoms with van der Waals surface area (Å²) < 4.78 is 2.00. The summed E-state index contributed by atoms with van der Waals surface area (Å²) in [6.45, 7) is 2.22. The molecule has 5 rings (SSSR count). The van der Waals surface area contributed by atoms with E-state index >= 15 is 0 Å². The molecule has 1 saturated heterocycles. The van der Waals surface area contributed by atoms with Crippen LogP contribution >= 0.6 is 0 Å². The molecule has 8 heteroatoms. The number of aryl methyl sites for hydroxylation is 1. The number of carbonyl (C=O) groups excluding carboxylic acids is 1. The Labute approximate surface area is 186 Å². The Balaban J connectivity index is 1.24. The molecule has 0 atom stereocenters. The maximum Gasteiger partial charge on any atom is 0.256 e. The molecule has 164 valence electrons. The molecular weight excluding hydrogens is 402 g/mol. The Bertz CT molecular complexity index is 1230. The van der Waals surface area contributed by atoms with Crippen LogP contribution in [0.1, 0.15) is 23.2 Å². The minimum Gasteiger partial charge on any atom is -0.382 e. The maximum atomic E-state index is 12.7. The third-order valence-corrected chi connectivity index (χ3v) is 6.08. The third-order valence-electron chi connectivity index (χ3n) is 6.08. The molecule has 0 radical (unpaired) electrons. The molecule has 0 aliphatic carbocycles. The summed E-state index contributed by atoms with van der Waals surface area (Å²) in [6, 6.07) is 17.8. The fourth-order valence-corrected chi connectivity index (χ4v) is 4.18. The van der Waals surface area contributed by atoms with E-state index in [1.807, 2.05) is 60.1 Å². The van der Waals surface area contributed by atoms with Gasteiger partial charge in [0.25, 0.3) is 5.91 Å². The summed E-state index contributed by atoms with van der Waals surface area (Å²) in [6.07, 6.45) is 2.26. The lowest BCUT2D eigenvalue weighted by atomic mass is 10.0. The number of anilines is 2. The number of amides is 1. The number of H-pyrrole nitrogens is 1. The van der Waals surface area contributed by atoms with E-state index in [0.29, 0.717) is 17.4 Å². The van der Waals surface area contributed by atoms with Crippen LogP contribution in [0.3, 0.4) is 0 Å². The van der Waals surface area contributed by atoms with Gasteiger partial charge in [0.1, 0.15) is 5.69 Å². The van der Waals surface area contributed by atoms with E-state index in [2.05, 4.69) is 37.8 Å². The average Bonchev–Trinajstić information content (AvgIpc) is 3.40. The van der Waals surface area contributed by atoms with Crippen molar-refractivity contribution < 1.29 is 4.79 Å². The first-order valence-electron chi connectivity index (χ1n) is 10.9. The summed E-state index contributed by atoms with van der Waals surface area (Å²) in [4.78, 5) is 19.7. The van der Waals surface area contributed by atoms with E-state index in [1.54, 1.807) is 6.07 Å². The van der Waals surface area contributed by atoms with Gasteiger partial charge in [-0.25, -0.2) is 4.98 Å². The second-order valence-corrected chi connectivity index (χ2v) is 8.40. The molecule has 3 heterocycles. The van der Waals surface area contributed by atoms with Gasteiger partial charge in [-0.2, -0.15) is 5.10 Å². The molecule has 8 nitrogen and oxygen atoms in total. The number of para-hydroxylation sites is 2. The van der Waals surface area contributed by atoms with Crippen LogP contribution in [0, 0.1) is 0 Å². The minimum atomic E-state index is -0.195. The molecule has 0 unspecified atom stereocenters. The van der Waals surface area contributed by atoms with E-state index in [1.165, 1.54) is 0 Å². The number of hydrogen-bond acceptors (Lipinski definition) is 5. The van der Waals surface area contributed by atoms with Crippen molar-refractivity contribution in [3.63, 3.8) is 0 Å². The number of nitrogens with zero attached hydrogens (tertiary/aromatic N) is 4. The Kier molecular flexibility index (Phi) is 5.36. The normalized spacial score (nSPS) is 15.2. The van der Waals surface area contributed by atoms with Crippen molar-refractivity contribution in [2.75, 3.05) is 30.8 Å². The minimum absolute atomic E-state index is 0.195. The second kappa shape index (κ2) is 8.47. The first-order chi connectivity index (χ1) is 15.6. The predicted molar refractivity (Wildman–Crippen MR) is 127 cm³/mol. The van der Waals surface area contributed by atoms with Crippen molar-refractivity contribution in [2.24, 2.45) is 7.05 Å². The highest BCUT2D eigenvalue weighted by Crippen LogP contribution is 2.24. The summed E-state index contributed by atoms with van der Waals surface area (Å²) >= 11 is 0. The van der Waals surface area contributed by atoms with Gasteiger partial charge in [-0.05, 0) is 69.4 Å². The first kappa shape index (κ1) is 20.3. The van der Waals surface area contributed by atoms with Crippen LogP contribution in [-0.2, 0) is 7.05 Å². The van der Waals surface area contributed by atoms with Gasteiger partial charge in [0.15, 0.2) is 11.6 Å². The zero-order valence-corrected chi connectivity index (χ0v) is 18.3. The summed E-state index contributed by atoms with van der Waals surface area (Å²) in [5.41, 5.74) is 4.33. The van der Waals surface area contributed by atoms with Crippen molar-refractivity contribution in [1.82, 2.24) is 24.6 Å². The van der Waals surface area contributed by atoms with Gasteiger partial charge in [0.05, 0.1) is 11.0 Å². The van der Waals surface area contributed by atoms with Crippen molar-refractivity contribution in [2.45, 2.75) is 18.9 Å². The van der Waals surface area contributed by atoms with Crippen LogP contribution in [0.25, 0.3) is 22.6 Å². The SMILES string of the molecule is CN1CCC(Nc2ccc(C(=O)Nc3cc(-c4nc5ccccc5n4C)[nH]n3)cc2)CC1. The van der Waals surface area contributed by atoms with Crippen molar-refractivity contribution in [1.29, 1.82) is 0 Å². The van der Waals surface area contributed by atoms with E-state index in [-0.39, 0.29) is 5.91 Å². The molecule has 1 aliphatic rings. The van der Waals surface area contributed by atoms with Crippen molar-refractivity contribution >= 4 is 28.4 Å². The number of aromatic amines is 1. The summed E-state index contributed by atoms with van der Waals surface area (Å²) in [5, 5.41) is 13.7. The largest absolute Gasteiger partial charge is 0.382 e. The first-order valence-corrected chi connectivity index (χ1v) is 10.9. The summed E-state index contributed by atoms with van der Waals surface area (Å²) in [5.74, 6) is 1.04. The number of hydrogen-bond donors (Lipinski definition) is 3. The quantitative estimate of drug-likeness (QED) is 0.450. The van der Waals surface area contributed by atoms with E-state index in [4.69, 9.17) is 0 Å². The van der Waals surface area contributed by atoms with Gasteiger partial charge in [0.2, 0.25) is 0 Å². The number of benzene rings is 2. The molecule has 0 bridgehead atoms. The predicted octanol–water partition coefficient (Wildman–Crippen LogP) is 3.72. The van der Waals surface area contributed by atoms with Crippen LogP contribution < -0.4 is 10.6 Å². The number of nitrogens with one attached hydrogen (secondary N) is 3. The van der Waals surface area contributed by atoms with Gasteiger partial charge >= 0.3 is 0 Å². The second-order valence-electron chi connectivity index (χ2n) is 8.40. The number of fused-ring (bicyclic) bond motifs is 1. The molecule has 2 aromatic carbocycles. The Morgan fingerprint density at radius 2 is 1.81 bits per heavy atom. The van der Waals surface area contributed by atoms with E-state index in [0.717, 1.165) is 54.2 Å². The molecule has 1 amide bonds. The van der Waals surface area contributed by atoms with Crippen molar-refractivity contribution in [3.8, 4) is 11.5 Å². The molecule has 3 N–H and O–H groups in total. The molecule has 1 aliphatic heterocycles. The van der Waals surface area contributed by atoms with Gasteiger partial charge in [-0.3, -0.25) is 9.89 Å². The van der Waals surface area contributed by atoms with Gasteiger partial charge < -0.3 is 20.1 Å². The smallest absolute Gasteiger partial charge is 0.256 e. The maximum absolute atomic E-state index is 12.7. The van der Waals surface area contributed by atoms with Crippen LogP contribution in [0.5, 0.6) is 0 Å². The lowest BCUT2D eigenvalue weighted by Gasteiger charge is -2.30. The lowest BCUT2D eigenvalue weighted by molar-refractivity contribution is 0.102. The Morgan fingerprint density at radius 3 is 2.56 bits per heavy atom. The Morgan fingerprint density at radius 1 is 1.06 bits per heavy atom. The Hall–Kier alpha value is -3.65. The monoisotopic (exact) mass is 429 g/mol. The number of imidazole rings is 1. The standard InChI is InChI=1S/C24H27N7O/c1-30-13-11-18(12-14-30)25-17-9-7-16(8-10-17)24(32)27-22-15-20(28-29-22)23-26-19-5-3-4-6-21(19)31(23)2/h3-10,15,18,25H,11-14H2,1-2H3,(H2,27,28,29,32). The fraction of sp³-hybridized carbons (Fsp3) is 0.292. The van der Waals surface area contributed by atoms with E-state index in [9.17, 15) is 4.79 Å². The highest BCUT2D eigenvalue weighted by Gasteiger charge is 2.17. The topological polar surface area (TPSA) is 90.9 Å². The zero-order valence-electron chi connectivity index (χ0n) is 18.3. The molecule has 4 aromatic rings. The number of likely N-dealkylation sites (tertiary alicyclic amines) is 1. The summed E-state index contributed by atoms with van der Waals surface area (Å²) in [7, 11) is 4.12. The average molecular weight is 430 g/mol. The van der Waals surface area contributed by atoms with Crippen LogP contribution in [0.2, 0.25) is 0 Å². The highest BCUT2D eigenvalue weighted by atomic mass is 16.1. The molecule has 1 fully saturated rings. The number of carbonyl (C=O) groups is 1. The van der Waals surface area contributed by atoms with Gasteiger partial charge in [-0.15, -0.1) is 0 Å². The number of aromatic nitrogens is 4. The van der Waals surface area contributed by atoms with Gasteiger partial charge in [-0.1, -0.05) is 12.1 Å². The van der Waals surface area contributed by atoms with Gasteiger partial charge in [0, 0.05) is 30.4 Å². The van der Waals surface area contributed by atoms with E-state index < -0.39 is 0 Å². The molecule has 0 saturated carbocycles. The van der Waals surface area contributed by atoms with Crippen LogP contribution in [0.4, 0.5) is 11.5 Å². The van der Waals surface area contributed by atoms with Crippen LogP contribution in [-0.4, -0.2) is 56.7 Å². The molecular formula is C24H27N7O. The molecule has 2 aromatic heterocycles. The molecule has 32 heavy (non-hydrogen) atoms. The number of piperidine rings is 1. The zero-order chi connectivity index (χ0) is 22.1. The lowest BCUT2D eigenvalue weighted by Crippen LogP contribution is -2.36.